The summed E-state index contributed by atoms with van der Waals surface area (Å²) in [6.45, 7) is 7.42. The van der Waals surface area contributed by atoms with Crippen molar-refractivity contribution in [2.24, 2.45) is 0 Å². The number of aryl methyl sites for hydroxylation is 1. The van der Waals surface area contributed by atoms with Crippen molar-refractivity contribution in [3.8, 4) is 5.75 Å². The molecule has 1 atom stereocenters. The van der Waals surface area contributed by atoms with Crippen molar-refractivity contribution in [2.45, 2.75) is 51.8 Å². The van der Waals surface area contributed by atoms with Gasteiger partial charge in [0.15, 0.2) is 0 Å². The second kappa shape index (κ2) is 8.31. The predicted octanol–water partition coefficient (Wildman–Crippen LogP) is 3.21. The van der Waals surface area contributed by atoms with Gasteiger partial charge in [-0.05, 0) is 50.3 Å². The first-order chi connectivity index (χ1) is 13.6. The SMILES string of the molecule is Cc1cnccc1OC1CCN([C@@H](C)C(=O)N2CCc3ccccc3C2)CC1. The molecule has 0 spiro atoms. The van der Waals surface area contributed by atoms with Crippen LogP contribution in [-0.2, 0) is 17.8 Å². The fourth-order valence-electron chi connectivity index (χ4n) is 4.26. The van der Waals surface area contributed by atoms with Gasteiger partial charge in [-0.25, -0.2) is 0 Å². The van der Waals surface area contributed by atoms with E-state index in [1.54, 1.807) is 6.20 Å². The average molecular weight is 380 g/mol. The van der Waals surface area contributed by atoms with Gasteiger partial charge in [0.25, 0.3) is 0 Å². The monoisotopic (exact) mass is 379 g/mol. The first-order valence-corrected chi connectivity index (χ1v) is 10.3. The minimum Gasteiger partial charge on any atom is -0.490 e. The number of benzene rings is 1. The summed E-state index contributed by atoms with van der Waals surface area (Å²) in [5, 5.41) is 0. The number of nitrogens with zero attached hydrogens (tertiary/aromatic N) is 3. The predicted molar refractivity (Wildman–Crippen MR) is 109 cm³/mol. The Hall–Kier alpha value is -2.40. The number of ether oxygens (including phenoxy) is 1. The van der Waals surface area contributed by atoms with E-state index in [4.69, 9.17) is 4.74 Å². The van der Waals surface area contributed by atoms with Gasteiger partial charge in [0.1, 0.15) is 11.9 Å². The smallest absolute Gasteiger partial charge is 0.239 e. The van der Waals surface area contributed by atoms with Gasteiger partial charge in [0.2, 0.25) is 5.91 Å². The summed E-state index contributed by atoms with van der Waals surface area (Å²) in [5.41, 5.74) is 3.73. The molecular weight excluding hydrogens is 350 g/mol. The summed E-state index contributed by atoms with van der Waals surface area (Å²) in [4.78, 5) is 21.5. The van der Waals surface area contributed by atoms with E-state index < -0.39 is 0 Å². The average Bonchev–Trinajstić information content (AvgIpc) is 2.74. The number of carbonyl (C=O) groups excluding carboxylic acids is 1. The fraction of sp³-hybridized carbons (Fsp3) is 0.478. The van der Waals surface area contributed by atoms with E-state index in [-0.39, 0.29) is 18.1 Å². The number of hydrogen-bond donors (Lipinski definition) is 0. The van der Waals surface area contributed by atoms with Crippen molar-refractivity contribution in [2.75, 3.05) is 19.6 Å². The van der Waals surface area contributed by atoms with Crippen LogP contribution in [0, 0.1) is 6.92 Å². The molecule has 1 aromatic heterocycles. The highest BCUT2D eigenvalue weighted by atomic mass is 16.5. The Bertz CT molecular complexity index is 830. The minimum absolute atomic E-state index is 0.0751. The lowest BCUT2D eigenvalue weighted by Crippen LogP contribution is -2.51. The van der Waals surface area contributed by atoms with Crippen molar-refractivity contribution < 1.29 is 9.53 Å². The molecule has 5 nitrogen and oxygen atoms in total. The van der Waals surface area contributed by atoms with E-state index in [2.05, 4.69) is 41.1 Å². The summed E-state index contributed by atoms with van der Waals surface area (Å²) in [5.74, 6) is 1.17. The molecule has 28 heavy (non-hydrogen) atoms. The number of carbonyl (C=O) groups is 1. The Morgan fingerprint density at radius 1 is 1.14 bits per heavy atom. The third-order valence-corrected chi connectivity index (χ3v) is 6.09. The molecule has 1 fully saturated rings. The molecule has 0 unspecified atom stereocenters. The molecule has 1 aromatic carbocycles. The van der Waals surface area contributed by atoms with Crippen LogP contribution in [0.2, 0.25) is 0 Å². The molecule has 0 radical (unpaired) electrons. The van der Waals surface area contributed by atoms with Crippen LogP contribution in [0.3, 0.4) is 0 Å². The number of hydrogen-bond acceptors (Lipinski definition) is 4. The number of aromatic nitrogens is 1. The Morgan fingerprint density at radius 3 is 2.64 bits per heavy atom. The lowest BCUT2D eigenvalue weighted by atomic mass is 9.99. The van der Waals surface area contributed by atoms with E-state index in [1.807, 2.05) is 24.1 Å². The molecule has 1 amide bonds. The van der Waals surface area contributed by atoms with Crippen LogP contribution < -0.4 is 4.74 Å². The normalized spacial score (nSPS) is 19.1. The van der Waals surface area contributed by atoms with Gasteiger partial charge in [0, 0.05) is 44.1 Å². The molecule has 148 valence electrons. The van der Waals surface area contributed by atoms with E-state index in [9.17, 15) is 4.79 Å². The highest BCUT2D eigenvalue weighted by Gasteiger charge is 2.31. The Morgan fingerprint density at radius 2 is 1.89 bits per heavy atom. The maximum Gasteiger partial charge on any atom is 0.239 e. The Labute approximate surface area is 167 Å². The first-order valence-electron chi connectivity index (χ1n) is 10.3. The number of piperidine rings is 1. The molecule has 3 heterocycles. The molecule has 0 aliphatic carbocycles. The van der Waals surface area contributed by atoms with Crippen molar-refractivity contribution in [1.82, 2.24) is 14.8 Å². The highest BCUT2D eigenvalue weighted by Crippen LogP contribution is 2.24. The maximum absolute atomic E-state index is 13.1. The molecule has 0 N–H and O–H groups in total. The van der Waals surface area contributed by atoms with Gasteiger partial charge >= 0.3 is 0 Å². The molecule has 2 aromatic rings. The van der Waals surface area contributed by atoms with Crippen LogP contribution in [0.25, 0.3) is 0 Å². The Balaban J connectivity index is 1.31. The van der Waals surface area contributed by atoms with Crippen molar-refractivity contribution in [3.05, 3.63) is 59.4 Å². The topological polar surface area (TPSA) is 45.7 Å². The Kier molecular flexibility index (Phi) is 5.62. The zero-order chi connectivity index (χ0) is 19.5. The molecule has 2 aliphatic heterocycles. The van der Waals surface area contributed by atoms with Gasteiger partial charge in [-0.3, -0.25) is 14.7 Å². The summed E-state index contributed by atoms with van der Waals surface area (Å²) >= 11 is 0. The number of likely N-dealkylation sites (tertiary alicyclic amines) is 1. The number of amides is 1. The third-order valence-electron chi connectivity index (χ3n) is 6.09. The van der Waals surface area contributed by atoms with Gasteiger partial charge in [0.05, 0.1) is 6.04 Å². The largest absolute Gasteiger partial charge is 0.490 e. The van der Waals surface area contributed by atoms with Crippen LogP contribution >= 0.6 is 0 Å². The maximum atomic E-state index is 13.1. The van der Waals surface area contributed by atoms with Crippen molar-refractivity contribution >= 4 is 5.91 Å². The first kappa shape index (κ1) is 18.9. The van der Waals surface area contributed by atoms with E-state index >= 15 is 0 Å². The second-order valence-electron chi connectivity index (χ2n) is 7.95. The van der Waals surface area contributed by atoms with Crippen LogP contribution in [0.4, 0.5) is 0 Å². The third kappa shape index (κ3) is 4.04. The number of fused-ring (bicyclic) bond motifs is 1. The molecule has 0 bridgehead atoms. The summed E-state index contributed by atoms with van der Waals surface area (Å²) in [7, 11) is 0. The summed E-state index contributed by atoms with van der Waals surface area (Å²) in [6.07, 6.45) is 6.67. The number of pyridine rings is 1. The zero-order valence-corrected chi connectivity index (χ0v) is 16.8. The van der Waals surface area contributed by atoms with Gasteiger partial charge in [-0.2, -0.15) is 0 Å². The summed E-state index contributed by atoms with van der Waals surface area (Å²) < 4.78 is 6.17. The van der Waals surface area contributed by atoms with Crippen LogP contribution in [-0.4, -0.2) is 52.5 Å². The second-order valence-corrected chi connectivity index (χ2v) is 7.95. The lowest BCUT2D eigenvalue weighted by molar-refractivity contribution is -0.138. The lowest BCUT2D eigenvalue weighted by Gasteiger charge is -2.38. The van der Waals surface area contributed by atoms with E-state index in [0.717, 1.165) is 56.8 Å². The molecule has 5 heteroatoms. The van der Waals surface area contributed by atoms with E-state index in [1.165, 1.54) is 11.1 Å². The minimum atomic E-state index is -0.0751. The zero-order valence-electron chi connectivity index (χ0n) is 16.8. The summed E-state index contributed by atoms with van der Waals surface area (Å²) in [6, 6.07) is 10.3. The van der Waals surface area contributed by atoms with Crippen LogP contribution in [0.5, 0.6) is 5.75 Å². The quantitative estimate of drug-likeness (QED) is 0.818. The van der Waals surface area contributed by atoms with Gasteiger partial charge < -0.3 is 9.64 Å². The van der Waals surface area contributed by atoms with Gasteiger partial charge in [-0.15, -0.1) is 0 Å². The molecule has 0 saturated carbocycles. The number of rotatable bonds is 4. The van der Waals surface area contributed by atoms with Crippen LogP contribution in [0.15, 0.2) is 42.7 Å². The molecule has 1 saturated heterocycles. The van der Waals surface area contributed by atoms with Crippen LogP contribution in [0.1, 0.15) is 36.5 Å². The van der Waals surface area contributed by atoms with E-state index in [0.29, 0.717) is 0 Å². The molecule has 4 rings (SSSR count). The van der Waals surface area contributed by atoms with Crippen molar-refractivity contribution in [1.29, 1.82) is 0 Å². The highest BCUT2D eigenvalue weighted by molar-refractivity contribution is 5.81. The fourth-order valence-corrected chi connectivity index (χ4v) is 4.26. The molecule has 2 aliphatic rings. The van der Waals surface area contributed by atoms with Gasteiger partial charge in [-0.1, -0.05) is 24.3 Å². The van der Waals surface area contributed by atoms with Crippen molar-refractivity contribution in [3.63, 3.8) is 0 Å². The standard InChI is InChI=1S/C23H29N3O2/c1-17-15-24-11-7-22(17)28-21-9-13-25(14-10-21)18(2)23(27)26-12-8-19-5-3-4-6-20(19)16-26/h3-7,11,15,18,21H,8-10,12-14,16H2,1-2H3/t18-/m0/s1. The molecular formula is C23H29N3O2.